The number of tetrazole rings is 1. The minimum Gasteiger partial charge on any atom is -0.450 e. The molecule has 0 radical (unpaired) electrons. The average Bonchev–Trinajstić information content (AvgIpc) is 3.46. The average molecular weight is 392 g/mol. The van der Waals surface area contributed by atoms with E-state index in [4.69, 9.17) is 4.74 Å². The van der Waals surface area contributed by atoms with Gasteiger partial charge in [0.25, 0.3) is 5.91 Å². The maximum atomic E-state index is 12.5. The Balaban J connectivity index is 1.39. The molecule has 0 aliphatic heterocycles. The maximum absolute atomic E-state index is 12.5. The molecule has 2 aromatic carbocycles. The number of hydrogen-bond acceptors (Lipinski definition) is 6. The van der Waals surface area contributed by atoms with Crippen molar-refractivity contribution in [3.63, 3.8) is 0 Å². The summed E-state index contributed by atoms with van der Waals surface area (Å²) in [7, 11) is 0. The molecule has 0 bridgehead atoms. The number of nitrogens with one attached hydrogen (secondary N) is 2. The zero-order chi connectivity index (χ0) is 20.2. The molecule has 1 saturated carbocycles. The predicted octanol–water partition coefficient (Wildman–Crippen LogP) is 3.50. The third kappa shape index (κ3) is 4.40. The van der Waals surface area contributed by atoms with Gasteiger partial charge in [-0.25, -0.2) is 9.48 Å². The lowest BCUT2D eigenvalue weighted by atomic mass is 10.1. The van der Waals surface area contributed by atoms with Gasteiger partial charge in [-0.3, -0.25) is 10.1 Å². The number of benzene rings is 2. The minimum absolute atomic E-state index is 0.247. The summed E-state index contributed by atoms with van der Waals surface area (Å²) < 4.78 is 6.67. The summed E-state index contributed by atoms with van der Waals surface area (Å²) in [4.78, 5) is 23.9. The smallest absolute Gasteiger partial charge is 0.411 e. The number of aromatic nitrogens is 4. The Morgan fingerprint density at radius 1 is 1.03 bits per heavy atom. The van der Waals surface area contributed by atoms with Gasteiger partial charge in [0.15, 0.2) is 5.82 Å². The Bertz CT molecular complexity index is 1010. The van der Waals surface area contributed by atoms with Gasteiger partial charge < -0.3 is 10.1 Å². The van der Waals surface area contributed by atoms with Crippen molar-refractivity contribution in [2.45, 2.75) is 25.8 Å². The lowest BCUT2D eigenvalue weighted by Gasteiger charge is -2.08. The summed E-state index contributed by atoms with van der Waals surface area (Å²) >= 11 is 0. The second-order valence-corrected chi connectivity index (χ2v) is 6.63. The molecule has 29 heavy (non-hydrogen) atoms. The molecule has 0 saturated heterocycles. The van der Waals surface area contributed by atoms with E-state index in [2.05, 4.69) is 26.2 Å². The van der Waals surface area contributed by atoms with Crippen molar-refractivity contribution in [2.75, 3.05) is 17.2 Å². The number of carbonyl (C=O) groups is 2. The molecule has 148 valence electrons. The highest BCUT2D eigenvalue weighted by molar-refractivity contribution is 6.04. The summed E-state index contributed by atoms with van der Waals surface area (Å²) in [5.41, 5.74) is 2.59. The molecule has 4 rings (SSSR count). The van der Waals surface area contributed by atoms with Gasteiger partial charge in [-0.15, -0.1) is 5.10 Å². The fourth-order valence-electron chi connectivity index (χ4n) is 2.84. The molecule has 9 nitrogen and oxygen atoms in total. The van der Waals surface area contributed by atoms with Crippen LogP contribution in [0, 0.1) is 0 Å². The lowest BCUT2D eigenvalue weighted by molar-refractivity contribution is 0.102. The van der Waals surface area contributed by atoms with Crippen molar-refractivity contribution in [1.29, 1.82) is 0 Å². The second-order valence-electron chi connectivity index (χ2n) is 6.63. The molecule has 3 aromatic rings. The van der Waals surface area contributed by atoms with E-state index in [1.54, 1.807) is 31.2 Å². The van der Waals surface area contributed by atoms with Gasteiger partial charge in [0, 0.05) is 22.5 Å². The van der Waals surface area contributed by atoms with Crippen molar-refractivity contribution < 1.29 is 14.3 Å². The number of hydrogen-bond donors (Lipinski definition) is 2. The van der Waals surface area contributed by atoms with Crippen LogP contribution in [0.4, 0.5) is 16.2 Å². The fourth-order valence-corrected chi connectivity index (χ4v) is 2.84. The van der Waals surface area contributed by atoms with Crippen LogP contribution in [0.25, 0.3) is 11.4 Å². The largest absolute Gasteiger partial charge is 0.450 e. The highest BCUT2D eigenvalue weighted by Gasteiger charge is 2.28. The normalized spacial score (nSPS) is 13.0. The molecule has 1 fully saturated rings. The third-order valence-electron chi connectivity index (χ3n) is 4.46. The molecule has 1 aliphatic rings. The topological polar surface area (TPSA) is 111 Å². The molecule has 1 heterocycles. The van der Waals surface area contributed by atoms with Gasteiger partial charge >= 0.3 is 6.09 Å². The molecule has 0 atom stereocenters. The molecule has 1 aliphatic carbocycles. The van der Waals surface area contributed by atoms with Crippen LogP contribution in [-0.2, 0) is 4.74 Å². The number of ether oxygens (including phenoxy) is 1. The molecule has 9 heteroatoms. The van der Waals surface area contributed by atoms with E-state index in [9.17, 15) is 9.59 Å². The van der Waals surface area contributed by atoms with E-state index in [0.717, 1.165) is 24.2 Å². The van der Waals surface area contributed by atoms with E-state index in [1.807, 2.05) is 28.9 Å². The molecule has 0 spiro atoms. The SMILES string of the molecule is CCOC(=O)Nc1ccc(C(=O)Nc2ccc(-c3nnnn3C3CC3)cc2)cc1. The summed E-state index contributed by atoms with van der Waals surface area (Å²) in [5.74, 6) is 0.485. The zero-order valence-corrected chi connectivity index (χ0v) is 15.8. The van der Waals surface area contributed by atoms with Crippen LogP contribution in [-0.4, -0.2) is 38.8 Å². The Labute approximate surface area is 167 Å². The standard InChI is InChI=1S/C20H20N6O3/c1-2-29-20(28)22-16-9-5-14(6-10-16)19(27)21-15-7-3-13(4-8-15)18-23-24-25-26(18)17-11-12-17/h3-10,17H,2,11-12H2,1H3,(H,21,27)(H,22,28). The Hall–Kier alpha value is -3.75. The van der Waals surface area contributed by atoms with E-state index >= 15 is 0 Å². The fraction of sp³-hybridized carbons (Fsp3) is 0.250. The van der Waals surface area contributed by atoms with Crippen LogP contribution < -0.4 is 10.6 Å². The van der Waals surface area contributed by atoms with Gasteiger partial charge in [-0.1, -0.05) is 0 Å². The van der Waals surface area contributed by atoms with Crippen LogP contribution >= 0.6 is 0 Å². The van der Waals surface area contributed by atoms with E-state index in [0.29, 0.717) is 29.6 Å². The van der Waals surface area contributed by atoms with Crippen LogP contribution in [0.1, 0.15) is 36.2 Å². The van der Waals surface area contributed by atoms with Crippen molar-refractivity contribution in [3.8, 4) is 11.4 Å². The van der Waals surface area contributed by atoms with Crippen molar-refractivity contribution in [1.82, 2.24) is 20.2 Å². The molecule has 0 unspecified atom stereocenters. The summed E-state index contributed by atoms with van der Waals surface area (Å²) in [6.45, 7) is 2.02. The highest BCUT2D eigenvalue weighted by Crippen LogP contribution is 2.36. The van der Waals surface area contributed by atoms with Crippen LogP contribution in [0.5, 0.6) is 0 Å². The number of amides is 2. The first-order valence-electron chi connectivity index (χ1n) is 9.37. The van der Waals surface area contributed by atoms with Gasteiger partial charge in [0.05, 0.1) is 12.6 Å². The highest BCUT2D eigenvalue weighted by atomic mass is 16.5. The summed E-state index contributed by atoms with van der Waals surface area (Å²) in [5, 5.41) is 17.4. The van der Waals surface area contributed by atoms with Crippen LogP contribution in [0.3, 0.4) is 0 Å². The first-order chi connectivity index (χ1) is 14.1. The van der Waals surface area contributed by atoms with Gasteiger partial charge in [-0.2, -0.15) is 0 Å². The molecule has 2 N–H and O–H groups in total. The maximum Gasteiger partial charge on any atom is 0.411 e. The van der Waals surface area contributed by atoms with Gasteiger partial charge in [0.2, 0.25) is 0 Å². The second kappa shape index (κ2) is 8.09. The Morgan fingerprint density at radius 3 is 2.34 bits per heavy atom. The first-order valence-corrected chi connectivity index (χ1v) is 9.37. The molecule has 2 amide bonds. The molecule has 1 aromatic heterocycles. The molecular formula is C20H20N6O3. The summed E-state index contributed by atoms with van der Waals surface area (Å²) in [6.07, 6.45) is 1.66. The zero-order valence-electron chi connectivity index (χ0n) is 15.8. The number of nitrogens with zero attached hydrogens (tertiary/aromatic N) is 4. The third-order valence-corrected chi connectivity index (χ3v) is 4.46. The number of anilines is 2. The van der Waals surface area contributed by atoms with Crippen molar-refractivity contribution >= 4 is 23.4 Å². The Kier molecular flexibility index (Phi) is 5.19. The van der Waals surface area contributed by atoms with Crippen molar-refractivity contribution in [3.05, 3.63) is 54.1 Å². The number of carbonyl (C=O) groups excluding carboxylic acids is 2. The molecular weight excluding hydrogens is 372 g/mol. The predicted molar refractivity (Wildman–Crippen MR) is 107 cm³/mol. The number of rotatable bonds is 6. The van der Waals surface area contributed by atoms with Crippen LogP contribution in [0.2, 0.25) is 0 Å². The summed E-state index contributed by atoms with van der Waals surface area (Å²) in [6, 6.07) is 14.3. The van der Waals surface area contributed by atoms with E-state index in [1.165, 1.54) is 0 Å². The monoisotopic (exact) mass is 392 g/mol. The Morgan fingerprint density at radius 2 is 1.69 bits per heavy atom. The van der Waals surface area contributed by atoms with Gasteiger partial charge in [0.1, 0.15) is 0 Å². The minimum atomic E-state index is -0.530. The van der Waals surface area contributed by atoms with E-state index in [-0.39, 0.29) is 5.91 Å². The van der Waals surface area contributed by atoms with Gasteiger partial charge in [-0.05, 0) is 78.7 Å². The quantitative estimate of drug-likeness (QED) is 0.664. The first kappa shape index (κ1) is 18.6. The van der Waals surface area contributed by atoms with E-state index < -0.39 is 6.09 Å². The lowest BCUT2D eigenvalue weighted by Crippen LogP contribution is -2.14. The van der Waals surface area contributed by atoms with Crippen molar-refractivity contribution in [2.24, 2.45) is 0 Å². The van der Waals surface area contributed by atoms with Crippen LogP contribution in [0.15, 0.2) is 48.5 Å².